The molecule has 5 rings (SSSR count). The first-order chi connectivity index (χ1) is 13.9. The summed E-state index contributed by atoms with van der Waals surface area (Å²) < 4.78 is 45.0. The van der Waals surface area contributed by atoms with Gasteiger partial charge in [-0.2, -0.15) is 5.10 Å². The zero-order valence-corrected chi connectivity index (χ0v) is 15.5. The molecule has 3 heterocycles. The van der Waals surface area contributed by atoms with Gasteiger partial charge in [0.1, 0.15) is 17.8 Å². The van der Waals surface area contributed by atoms with Crippen LogP contribution in [-0.4, -0.2) is 30.2 Å². The number of benzene rings is 1. The zero-order valence-electron chi connectivity index (χ0n) is 15.5. The van der Waals surface area contributed by atoms with Gasteiger partial charge < -0.3 is 10.1 Å². The minimum atomic E-state index is -1.21. The Bertz CT molecular complexity index is 1240. The van der Waals surface area contributed by atoms with Crippen LogP contribution in [0.3, 0.4) is 0 Å². The van der Waals surface area contributed by atoms with E-state index in [-0.39, 0.29) is 5.56 Å². The number of hydrogen-bond acceptors (Lipinski definition) is 4. The SMILES string of the molecule is Cn1ncnc1-c1ccn2c3c(nc2c1)C[C@H](c1cc(F)c(F)cc1F)[C@@H](N)C3. The van der Waals surface area contributed by atoms with Gasteiger partial charge >= 0.3 is 0 Å². The molecule has 148 valence electrons. The van der Waals surface area contributed by atoms with E-state index in [1.54, 1.807) is 4.68 Å². The average molecular weight is 398 g/mol. The molecule has 2 atom stereocenters. The number of nitrogens with two attached hydrogens (primary N) is 1. The maximum absolute atomic E-state index is 14.3. The third kappa shape index (κ3) is 2.80. The Morgan fingerprint density at radius 2 is 1.86 bits per heavy atom. The van der Waals surface area contributed by atoms with Crippen molar-refractivity contribution in [2.75, 3.05) is 0 Å². The summed E-state index contributed by atoms with van der Waals surface area (Å²) in [5.41, 5.74) is 9.70. The number of imidazole rings is 1. The number of pyridine rings is 1. The number of rotatable bonds is 2. The van der Waals surface area contributed by atoms with Crippen LogP contribution in [0, 0.1) is 17.5 Å². The largest absolute Gasteiger partial charge is 0.327 e. The third-order valence-electron chi connectivity index (χ3n) is 5.58. The van der Waals surface area contributed by atoms with Gasteiger partial charge in [-0.15, -0.1) is 0 Å². The number of hydrogen-bond donors (Lipinski definition) is 1. The van der Waals surface area contributed by atoms with Crippen molar-refractivity contribution in [2.45, 2.75) is 24.8 Å². The molecule has 1 aromatic carbocycles. The van der Waals surface area contributed by atoms with Crippen molar-refractivity contribution in [3.05, 3.63) is 71.2 Å². The Balaban J connectivity index is 1.56. The van der Waals surface area contributed by atoms with E-state index in [1.165, 1.54) is 6.33 Å². The van der Waals surface area contributed by atoms with E-state index >= 15 is 0 Å². The van der Waals surface area contributed by atoms with Crippen molar-refractivity contribution in [3.8, 4) is 11.4 Å². The first-order valence-electron chi connectivity index (χ1n) is 9.16. The van der Waals surface area contributed by atoms with Crippen LogP contribution in [0.25, 0.3) is 17.0 Å². The molecule has 0 saturated heterocycles. The Kier molecular flexibility index (Phi) is 3.95. The van der Waals surface area contributed by atoms with E-state index in [0.29, 0.717) is 30.4 Å². The highest BCUT2D eigenvalue weighted by Gasteiger charge is 2.33. The monoisotopic (exact) mass is 398 g/mol. The average Bonchev–Trinajstić information content (AvgIpc) is 3.26. The van der Waals surface area contributed by atoms with Crippen LogP contribution < -0.4 is 5.73 Å². The lowest BCUT2D eigenvalue weighted by Crippen LogP contribution is -2.37. The van der Waals surface area contributed by atoms with Crippen LogP contribution in [0.4, 0.5) is 13.2 Å². The molecule has 0 radical (unpaired) electrons. The van der Waals surface area contributed by atoms with Crippen molar-refractivity contribution in [1.29, 1.82) is 0 Å². The molecule has 6 nitrogen and oxygen atoms in total. The predicted octanol–water partition coefficient (Wildman–Crippen LogP) is 2.76. The minimum Gasteiger partial charge on any atom is -0.327 e. The summed E-state index contributed by atoms with van der Waals surface area (Å²) in [4.78, 5) is 8.94. The van der Waals surface area contributed by atoms with Gasteiger partial charge in [-0.1, -0.05) is 0 Å². The zero-order chi connectivity index (χ0) is 20.3. The van der Waals surface area contributed by atoms with Crippen molar-refractivity contribution in [3.63, 3.8) is 0 Å². The van der Waals surface area contributed by atoms with Crippen molar-refractivity contribution in [2.24, 2.45) is 12.8 Å². The number of fused-ring (bicyclic) bond motifs is 3. The minimum absolute atomic E-state index is 0.0823. The van der Waals surface area contributed by atoms with Crippen molar-refractivity contribution >= 4 is 5.65 Å². The molecule has 0 bridgehead atoms. The molecule has 4 aromatic rings. The molecular formula is C20H17F3N6. The second-order valence-electron chi connectivity index (χ2n) is 7.32. The Morgan fingerprint density at radius 3 is 2.62 bits per heavy atom. The quantitative estimate of drug-likeness (QED) is 0.527. The second kappa shape index (κ2) is 6.41. The molecule has 1 aliphatic carbocycles. The van der Waals surface area contributed by atoms with Gasteiger partial charge in [0.05, 0.1) is 5.69 Å². The van der Waals surface area contributed by atoms with E-state index in [1.807, 2.05) is 29.8 Å². The maximum atomic E-state index is 14.3. The third-order valence-corrected chi connectivity index (χ3v) is 5.58. The van der Waals surface area contributed by atoms with E-state index in [4.69, 9.17) is 10.7 Å². The van der Waals surface area contributed by atoms with Crippen molar-refractivity contribution in [1.82, 2.24) is 24.1 Å². The molecule has 1 aliphatic rings. The van der Waals surface area contributed by atoms with Crippen LogP contribution in [0.5, 0.6) is 0 Å². The Labute approximate surface area is 163 Å². The molecular weight excluding hydrogens is 381 g/mol. The smallest absolute Gasteiger partial charge is 0.161 e. The number of aryl methyl sites for hydroxylation is 1. The first-order valence-corrected chi connectivity index (χ1v) is 9.16. The highest BCUT2D eigenvalue weighted by molar-refractivity contribution is 5.62. The summed E-state index contributed by atoms with van der Waals surface area (Å²) in [5.74, 6) is -2.85. The fourth-order valence-corrected chi connectivity index (χ4v) is 4.11. The van der Waals surface area contributed by atoms with Gasteiger partial charge in [-0.05, 0) is 30.2 Å². The van der Waals surface area contributed by atoms with Gasteiger partial charge in [0.15, 0.2) is 17.5 Å². The lowest BCUT2D eigenvalue weighted by atomic mass is 9.80. The molecule has 0 saturated carbocycles. The maximum Gasteiger partial charge on any atom is 0.161 e. The van der Waals surface area contributed by atoms with Gasteiger partial charge in [0.25, 0.3) is 0 Å². The molecule has 3 aromatic heterocycles. The first kappa shape index (κ1) is 17.9. The number of aromatic nitrogens is 5. The predicted molar refractivity (Wildman–Crippen MR) is 99.6 cm³/mol. The second-order valence-corrected chi connectivity index (χ2v) is 7.32. The van der Waals surface area contributed by atoms with E-state index in [0.717, 1.165) is 23.0 Å². The Morgan fingerprint density at radius 1 is 1.07 bits per heavy atom. The van der Waals surface area contributed by atoms with Crippen LogP contribution in [0.2, 0.25) is 0 Å². The fourth-order valence-electron chi connectivity index (χ4n) is 4.11. The molecule has 0 unspecified atom stereocenters. The van der Waals surface area contributed by atoms with Gasteiger partial charge in [-0.25, -0.2) is 27.8 Å². The molecule has 29 heavy (non-hydrogen) atoms. The van der Waals surface area contributed by atoms with Gasteiger partial charge in [0.2, 0.25) is 0 Å². The topological polar surface area (TPSA) is 74.0 Å². The van der Waals surface area contributed by atoms with E-state index in [2.05, 4.69) is 10.1 Å². The number of nitrogens with zero attached hydrogens (tertiary/aromatic N) is 5. The summed E-state index contributed by atoms with van der Waals surface area (Å²) in [6.45, 7) is 0. The molecule has 2 N–H and O–H groups in total. The van der Waals surface area contributed by atoms with Crippen LogP contribution in [-0.2, 0) is 19.9 Å². The highest BCUT2D eigenvalue weighted by atomic mass is 19.2. The van der Waals surface area contributed by atoms with Crippen molar-refractivity contribution < 1.29 is 13.2 Å². The van der Waals surface area contributed by atoms with Crippen LogP contribution in [0.1, 0.15) is 22.9 Å². The molecule has 0 spiro atoms. The summed E-state index contributed by atoms with van der Waals surface area (Å²) in [6.07, 6.45) is 4.18. The lowest BCUT2D eigenvalue weighted by Gasteiger charge is -2.29. The molecule has 9 heteroatoms. The standard InChI is InChI=1S/C20H17F3N6/c1-28-20(25-9-26-28)10-2-3-29-18-8-16(24)12(6-17(18)27-19(29)4-10)11-5-14(22)15(23)7-13(11)21/h2-5,7,9,12,16H,6,8,24H2,1H3/t12-,16+/m1/s1. The highest BCUT2D eigenvalue weighted by Crippen LogP contribution is 2.35. The molecule has 0 fully saturated rings. The normalized spacial score (nSPS) is 18.9. The summed E-state index contributed by atoms with van der Waals surface area (Å²) in [7, 11) is 1.81. The van der Waals surface area contributed by atoms with Gasteiger partial charge in [-0.3, -0.25) is 0 Å². The van der Waals surface area contributed by atoms with E-state index in [9.17, 15) is 13.2 Å². The number of halogens is 3. The summed E-state index contributed by atoms with van der Waals surface area (Å²) >= 11 is 0. The van der Waals surface area contributed by atoms with Crippen LogP contribution in [0.15, 0.2) is 36.8 Å². The molecule has 0 aliphatic heterocycles. The van der Waals surface area contributed by atoms with Gasteiger partial charge in [0, 0.05) is 48.9 Å². The summed E-state index contributed by atoms with van der Waals surface area (Å²) in [6, 6.07) is 4.86. The van der Waals surface area contributed by atoms with Crippen LogP contribution >= 0.6 is 0 Å². The van der Waals surface area contributed by atoms with E-state index < -0.39 is 29.4 Å². The fraction of sp³-hybridized carbons (Fsp3) is 0.250. The Hall–Kier alpha value is -3.20. The molecule has 0 amide bonds. The summed E-state index contributed by atoms with van der Waals surface area (Å²) in [5, 5.41) is 4.08. The lowest BCUT2D eigenvalue weighted by molar-refractivity contribution is 0.446.